The predicted molar refractivity (Wildman–Crippen MR) is 219 cm³/mol. The van der Waals surface area contributed by atoms with Crippen LogP contribution in [0.25, 0.3) is 0 Å². The van der Waals surface area contributed by atoms with Crippen LogP contribution in [0.5, 0.6) is 11.5 Å². The Morgan fingerprint density at radius 1 is 0.479 bits per heavy atom. The van der Waals surface area contributed by atoms with Gasteiger partial charge in [-0.15, -0.1) is 5.54 Å². The van der Waals surface area contributed by atoms with Gasteiger partial charge in [-0.25, -0.2) is 0 Å². The van der Waals surface area contributed by atoms with E-state index in [1.54, 1.807) is 0 Å². The number of hydrogen-bond donors (Lipinski definition) is 0. The lowest BCUT2D eigenvalue weighted by Crippen LogP contribution is -2.16. The van der Waals surface area contributed by atoms with Crippen molar-refractivity contribution in [1.29, 1.82) is 0 Å². The fourth-order valence-electron chi connectivity index (χ4n) is 5.56. The molecule has 0 aromatic heterocycles. The molecule has 2 nitrogen and oxygen atoms in total. The first-order valence-electron chi connectivity index (χ1n) is 19.2. The standard InChI is InChI=1S/C43H64Br2O2Si/c1-6-8-10-12-14-16-18-20-22-24-29-46-42-35-39(28-31-48(3,4)5)43(47-30-25-23-21-19-17-15-13-11-9-7-2)34-38(42)27-26-37-32-40(44)36-41(45)33-37/h32-36H,6-25,29-30H2,1-5H3. The van der Waals surface area contributed by atoms with Crippen LogP contribution in [0, 0.1) is 23.3 Å². The lowest BCUT2D eigenvalue weighted by molar-refractivity contribution is 0.295. The van der Waals surface area contributed by atoms with Crippen molar-refractivity contribution in [1.82, 2.24) is 0 Å². The van der Waals surface area contributed by atoms with Crippen LogP contribution in [0.3, 0.4) is 0 Å². The fourth-order valence-corrected chi connectivity index (χ4v) is 7.36. The van der Waals surface area contributed by atoms with E-state index in [0.717, 1.165) is 50.0 Å². The molecule has 2 aromatic rings. The van der Waals surface area contributed by atoms with Gasteiger partial charge in [-0.05, 0) is 31.0 Å². The zero-order valence-electron chi connectivity index (χ0n) is 31.0. The highest BCUT2D eigenvalue weighted by atomic mass is 79.9. The Bertz CT molecular complexity index is 1270. The first-order valence-corrected chi connectivity index (χ1v) is 24.3. The Morgan fingerprint density at radius 3 is 1.25 bits per heavy atom. The maximum Gasteiger partial charge on any atom is 0.136 e. The van der Waals surface area contributed by atoms with Gasteiger partial charge in [-0.1, -0.05) is 199 Å². The van der Waals surface area contributed by atoms with Crippen LogP contribution < -0.4 is 9.47 Å². The summed E-state index contributed by atoms with van der Waals surface area (Å²) >= 11 is 7.20. The molecule has 0 unspecified atom stereocenters. The van der Waals surface area contributed by atoms with Gasteiger partial charge in [0.25, 0.3) is 0 Å². The van der Waals surface area contributed by atoms with Crippen molar-refractivity contribution in [2.75, 3.05) is 13.2 Å². The molecular weight excluding hydrogens is 736 g/mol. The molecule has 0 bridgehead atoms. The van der Waals surface area contributed by atoms with Crippen LogP contribution in [0.1, 0.15) is 159 Å². The predicted octanol–water partition coefficient (Wildman–Crippen LogP) is 14.4. The van der Waals surface area contributed by atoms with Crippen molar-refractivity contribution in [2.24, 2.45) is 0 Å². The first kappa shape index (κ1) is 42.5. The number of unbranched alkanes of at least 4 members (excludes halogenated alkanes) is 18. The van der Waals surface area contributed by atoms with Crippen molar-refractivity contribution in [2.45, 2.75) is 162 Å². The number of halogens is 2. The Balaban J connectivity index is 2.11. The van der Waals surface area contributed by atoms with Crippen molar-refractivity contribution >= 4 is 39.9 Å². The molecule has 0 saturated carbocycles. The summed E-state index contributed by atoms with van der Waals surface area (Å²) in [5.41, 5.74) is 6.27. The second kappa shape index (κ2) is 26.2. The van der Waals surface area contributed by atoms with Gasteiger partial charge in [0.1, 0.15) is 19.6 Å². The molecule has 0 atom stereocenters. The van der Waals surface area contributed by atoms with E-state index >= 15 is 0 Å². The third-order valence-corrected chi connectivity index (χ3v) is 10.2. The van der Waals surface area contributed by atoms with E-state index in [-0.39, 0.29) is 0 Å². The quantitative estimate of drug-likeness (QED) is 0.0598. The molecule has 0 aliphatic heterocycles. The Morgan fingerprint density at radius 2 is 0.854 bits per heavy atom. The molecule has 0 amide bonds. The minimum absolute atomic E-state index is 0.688. The maximum atomic E-state index is 6.45. The van der Waals surface area contributed by atoms with Crippen LogP contribution in [0.4, 0.5) is 0 Å². The molecule has 0 N–H and O–H groups in total. The van der Waals surface area contributed by atoms with Gasteiger partial charge in [-0.3, -0.25) is 0 Å². The van der Waals surface area contributed by atoms with Crippen molar-refractivity contribution in [3.05, 3.63) is 56.0 Å². The molecule has 5 heteroatoms. The van der Waals surface area contributed by atoms with Crippen molar-refractivity contribution in [3.63, 3.8) is 0 Å². The minimum atomic E-state index is -1.58. The number of benzene rings is 2. The highest BCUT2D eigenvalue weighted by Gasteiger charge is 2.13. The van der Waals surface area contributed by atoms with Gasteiger partial charge in [0, 0.05) is 26.6 Å². The average molecular weight is 801 g/mol. The molecule has 0 aliphatic carbocycles. The summed E-state index contributed by atoms with van der Waals surface area (Å²) in [6.45, 7) is 12.8. The molecule has 2 rings (SSSR count). The van der Waals surface area contributed by atoms with Gasteiger partial charge >= 0.3 is 0 Å². The van der Waals surface area contributed by atoms with E-state index in [1.807, 2.05) is 18.2 Å². The van der Waals surface area contributed by atoms with E-state index in [4.69, 9.17) is 9.47 Å². The summed E-state index contributed by atoms with van der Waals surface area (Å²) < 4.78 is 14.9. The highest BCUT2D eigenvalue weighted by molar-refractivity contribution is 9.11. The molecule has 48 heavy (non-hydrogen) atoms. The van der Waals surface area contributed by atoms with Crippen molar-refractivity contribution in [3.8, 4) is 34.8 Å². The molecule has 0 fully saturated rings. The summed E-state index contributed by atoms with van der Waals surface area (Å²) in [7, 11) is -1.58. The molecule has 0 aliphatic rings. The third kappa shape index (κ3) is 20.8. The molecular formula is C43H64Br2O2Si. The maximum absolute atomic E-state index is 6.45. The summed E-state index contributed by atoms with van der Waals surface area (Å²) in [4.78, 5) is 0. The lowest BCUT2D eigenvalue weighted by atomic mass is 10.1. The summed E-state index contributed by atoms with van der Waals surface area (Å²) in [6, 6.07) is 10.3. The number of ether oxygens (including phenoxy) is 2. The number of hydrogen-bond acceptors (Lipinski definition) is 2. The van der Waals surface area contributed by atoms with Gasteiger partial charge in [0.2, 0.25) is 0 Å². The fraction of sp³-hybridized carbons (Fsp3) is 0.628. The van der Waals surface area contributed by atoms with E-state index in [2.05, 4.69) is 101 Å². The molecule has 266 valence electrons. The normalized spacial score (nSPS) is 11.1. The van der Waals surface area contributed by atoms with Gasteiger partial charge in [0.15, 0.2) is 0 Å². The molecule has 0 radical (unpaired) electrons. The van der Waals surface area contributed by atoms with Gasteiger partial charge in [0.05, 0.1) is 24.3 Å². The summed E-state index contributed by atoms with van der Waals surface area (Å²) in [6.07, 6.45) is 26.1. The van der Waals surface area contributed by atoms with Crippen LogP contribution in [0.2, 0.25) is 19.6 Å². The van der Waals surface area contributed by atoms with Crippen LogP contribution >= 0.6 is 31.9 Å². The van der Waals surface area contributed by atoms with Crippen molar-refractivity contribution < 1.29 is 9.47 Å². The monoisotopic (exact) mass is 798 g/mol. The topological polar surface area (TPSA) is 18.5 Å². The van der Waals surface area contributed by atoms with E-state index in [0.29, 0.717) is 13.2 Å². The highest BCUT2D eigenvalue weighted by Crippen LogP contribution is 2.30. The minimum Gasteiger partial charge on any atom is -0.492 e. The summed E-state index contributed by atoms with van der Waals surface area (Å²) in [5.74, 6) is 11.9. The van der Waals surface area contributed by atoms with E-state index in [9.17, 15) is 0 Å². The second-order valence-electron chi connectivity index (χ2n) is 14.3. The molecule has 0 saturated heterocycles. The van der Waals surface area contributed by atoms with Gasteiger partial charge < -0.3 is 9.47 Å². The second-order valence-corrected chi connectivity index (χ2v) is 20.9. The average Bonchev–Trinajstić information content (AvgIpc) is 3.04. The largest absolute Gasteiger partial charge is 0.492 e. The zero-order chi connectivity index (χ0) is 34.9. The lowest BCUT2D eigenvalue weighted by Gasteiger charge is -2.14. The first-order chi connectivity index (χ1) is 23.2. The smallest absolute Gasteiger partial charge is 0.136 e. The molecule has 0 heterocycles. The Labute approximate surface area is 313 Å². The molecule has 0 spiro atoms. The summed E-state index contributed by atoms with van der Waals surface area (Å²) in [5, 5.41) is 0. The van der Waals surface area contributed by atoms with E-state index < -0.39 is 8.07 Å². The third-order valence-electron chi connectivity index (χ3n) is 8.37. The SMILES string of the molecule is CCCCCCCCCCCCOc1cc(C#C[Si](C)(C)C)c(OCCCCCCCCCCCC)cc1C#Cc1cc(Br)cc(Br)c1. The van der Waals surface area contributed by atoms with Gasteiger partial charge in [-0.2, -0.15) is 0 Å². The Kier molecular flexibility index (Phi) is 23.2. The van der Waals surface area contributed by atoms with Crippen LogP contribution in [0.15, 0.2) is 39.3 Å². The van der Waals surface area contributed by atoms with Crippen LogP contribution in [-0.4, -0.2) is 21.3 Å². The molecule has 2 aromatic carbocycles. The Hall–Kier alpha value is -1.66. The number of rotatable bonds is 24. The van der Waals surface area contributed by atoms with Crippen LogP contribution in [-0.2, 0) is 0 Å². The van der Waals surface area contributed by atoms with E-state index in [1.165, 1.54) is 116 Å². The zero-order valence-corrected chi connectivity index (χ0v) is 35.2.